The molecule has 3 N–H and O–H groups in total. The largest absolute Gasteiger partial charge is 0.495 e. The number of anilines is 3. The molecule has 4 aromatic rings. The molecule has 2 aromatic carbocycles. The maximum Gasteiger partial charge on any atom is 0.259 e. The molecule has 1 atom stereocenters. The van der Waals surface area contributed by atoms with Crippen molar-refractivity contribution >= 4 is 51.6 Å². The van der Waals surface area contributed by atoms with Crippen molar-refractivity contribution in [3.63, 3.8) is 0 Å². The van der Waals surface area contributed by atoms with Gasteiger partial charge in [-0.15, -0.1) is 0 Å². The molecule has 4 rings (SSSR count). The van der Waals surface area contributed by atoms with Crippen LogP contribution in [0.3, 0.4) is 0 Å². The molecule has 0 fully saturated rings. The Morgan fingerprint density at radius 1 is 1.11 bits per heavy atom. The summed E-state index contributed by atoms with van der Waals surface area (Å²) in [5.74, 6) is 0.895. The third kappa shape index (κ3) is 4.68. The van der Waals surface area contributed by atoms with Gasteiger partial charge in [0.2, 0.25) is 5.95 Å². The third-order valence-corrected chi connectivity index (χ3v) is 6.24. The fourth-order valence-electron chi connectivity index (χ4n) is 3.66. The maximum absolute atomic E-state index is 13.4. The number of hydrogen-bond donors (Lipinski definition) is 3. The van der Waals surface area contributed by atoms with E-state index in [1.165, 1.54) is 24.9 Å². The highest BCUT2D eigenvalue weighted by atomic mass is 35.5. The molecule has 0 bridgehead atoms. The lowest BCUT2D eigenvalue weighted by Crippen LogP contribution is -2.20. The second-order valence-electron chi connectivity index (χ2n) is 7.67. The van der Waals surface area contributed by atoms with E-state index in [9.17, 15) is 9.90 Å². The van der Waals surface area contributed by atoms with E-state index in [4.69, 9.17) is 32.7 Å². The van der Waals surface area contributed by atoms with E-state index in [1.807, 2.05) is 12.1 Å². The number of aliphatic hydroxyl groups excluding tert-OH is 1. The van der Waals surface area contributed by atoms with Crippen molar-refractivity contribution in [1.82, 2.24) is 14.5 Å². The zero-order chi connectivity index (χ0) is 26.0. The van der Waals surface area contributed by atoms with Crippen molar-refractivity contribution in [2.45, 2.75) is 6.23 Å². The number of methoxy groups -OCH3 is 2. The topological polar surface area (TPSA) is 111 Å². The lowest BCUT2D eigenvalue weighted by atomic mass is 10.0. The smallest absolute Gasteiger partial charge is 0.259 e. The monoisotopic (exact) mass is 527 g/mol. The van der Waals surface area contributed by atoms with Gasteiger partial charge in [-0.3, -0.25) is 9.36 Å². The van der Waals surface area contributed by atoms with Gasteiger partial charge < -0.3 is 25.2 Å². The van der Waals surface area contributed by atoms with Crippen LogP contribution in [0, 0.1) is 0 Å². The predicted molar refractivity (Wildman–Crippen MR) is 143 cm³/mol. The highest BCUT2D eigenvalue weighted by Crippen LogP contribution is 2.45. The number of ether oxygens (including phenoxy) is 2. The summed E-state index contributed by atoms with van der Waals surface area (Å²) >= 11 is 13.1. The first-order chi connectivity index (χ1) is 17.3. The molecular weight excluding hydrogens is 505 g/mol. The molecule has 36 heavy (non-hydrogen) atoms. The highest BCUT2D eigenvalue weighted by Gasteiger charge is 2.22. The number of nitrogens with one attached hydrogen (secondary N) is 2. The van der Waals surface area contributed by atoms with Gasteiger partial charge in [0.25, 0.3) is 5.56 Å². The Morgan fingerprint density at radius 3 is 2.36 bits per heavy atom. The molecule has 0 radical (unpaired) electrons. The Kier molecular flexibility index (Phi) is 7.35. The number of aliphatic hydroxyl groups is 1. The molecule has 2 aromatic heterocycles. The van der Waals surface area contributed by atoms with Crippen LogP contribution in [0.1, 0.15) is 0 Å². The Hall–Kier alpha value is -3.79. The number of fused-ring (bicyclic) bond motifs is 1. The number of pyridine rings is 1. The van der Waals surface area contributed by atoms with Gasteiger partial charge in [-0.05, 0) is 24.3 Å². The van der Waals surface area contributed by atoms with E-state index in [1.54, 1.807) is 37.5 Å². The van der Waals surface area contributed by atoms with Crippen molar-refractivity contribution < 1.29 is 14.6 Å². The SMILES string of the molecule is C=CC(O)Nc1ccccc1Nc1ncc2cc(-c3c(Cl)c(OC)cc(OC)c3Cl)c(=O)n(C)c2n1. The number of aromatic nitrogens is 3. The summed E-state index contributed by atoms with van der Waals surface area (Å²) in [6.07, 6.45) is 2.02. The van der Waals surface area contributed by atoms with Gasteiger partial charge in [0, 0.05) is 30.3 Å². The Labute approximate surface area is 216 Å². The molecule has 0 aliphatic heterocycles. The summed E-state index contributed by atoms with van der Waals surface area (Å²) in [7, 11) is 4.52. The Bertz CT molecular complexity index is 1490. The molecule has 11 heteroatoms. The fraction of sp³-hybridized carbons (Fsp3) is 0.160. The Balaban J connectivity index is 1.81. The van der Waals surface area contributed by atoms with Gasteiger partial charge in [-0.1, -0.05) is 41.9 Å². The first kappa shape index (κ1) is 25.3. The standard InChI is InChI=1S/C25H23Cl2N5O4/c1-5-19(33)29-15-8-6-7-9-16(15)30-25-28-12-13-10-14(24(34)32(2)23(13)31-25)20-21(26)17(35-3)11-18(36-4)22(20)27/h5-12,19,29,33H,1H2,2-4H3,(H,28,30,31). The first-order valence-electron chi connectivity index (χ1n) is 10.7. The van der Waals surface area contributed by atoms with Crippen LogP contribution in [-0.4, -0.2) is 40.1 Å². The molecule has 0 saturated heterocycles. The summed E-state index contributed by atoms with van der Waals surface area (Å²) in [5.41, 5.74) is 1.80. The van der Waals surface area contributed by atoms with E-state index in [2.05, 4.69) is 27.2 Å². The average molecular weight is 528 g/mol. The summed E-state index contributed by atoms with van der Waals surface area (Å²) in [6.45, 7) is 3.56. The normalized spacial score (nSPS) is 11.7. The molecule has 0 aliphatic carbocycles. The average Bonchev–Trinajstić information content (AvgIpc) is 2.88. The highest BCUT2D eigenvalue weighted by molar-refractivity contribution is 6.41. The second kappa shape index (κ2) is 10.4. The van der Waals surface area contributed by atoms with Crippen LogP contribution in [-0.2, 0) is 7.05 Å². The van der Waals surface area contributed by atoms with Crippen LogP contribution in [0.5, 0.6) is 11.5 Å². The molecule has 0 amide bonds. The molecular formula is C25H23Cl2N5O4. The van der Waals surface area contributed by atoms with Crippen LogP contribution in [0.25, 0.3) is 22.2 Å². The molecule has 0 spiro atoms. The zero-order valence-corrected chi connectivity index (χ0v) is 21.2. The third-order valence-electron chi connectivity index (χ3n) is 5.49. The van der Waals surface area contributed by atoms with Gasteiger partial charge in [0.1, 0.15) is 23.4 Å². The number of halogens is 2. The van der Waals surface area contributed by atoms with Gasteiger partial charge in [0.05, 0.1) is 41.2 Å². The van der Waals surface area contributed by atoms with E-state index < -0.39 is 6.23 Å². The molecule has 0 aliphatic rings. The Morgan fingerprint density at radius 2 is 1.75 bits per heavy atom. The quantitative estimate of drug-likeness (QED) is 0.217. The number of para-hydroxylation sites is 2. The van der Waals surface area contributed by atoms with Crippen LogP contribution in [0.15, 0.2) is 60.0 Å². The van der Waals surface area contributed by atoms with Crippen LogP contribution in [0.4, 0.5) is 17.3 Å². The molecule has 1 unspecified atom stereocenters. The number of rotatable bonds is 8. The molecule has 186 valence electrons. The van der Waals surface area contributed by atoms with Gasteiger partial charge in [-0.2, -0.15) is 4.98 Å². The lowest BCUT2D eigenvalue weighted by Gasteiger charge is -2.17. The van der Waals surface area contributed by atoms with Crippen LogP contribution in [0.2, 0.25) is 10.0 Å². The molecule has 9 nitrogen and oxygen atoms in total. The van der Waals surface area contributed by atoms with Crippen LogP contribution >= 0.6 is 23.2 Å². The van der Waals surface area contributed by atoms with Crippen molar-refractivity contribution in [3.05, 3.63) is 75.6 Å². The van der Waals surface area contributed by atoms with Gasteiger partial charge in [0.15, 0.2) is 0 Å². The fourth-order valence-corrected chi connectivity index (χ4v) is 4.37. The minimum atomic E-state index is -0.932. The maximum atomic E-state index is 13.4. The number of nitrogens with zero attached hydrogens (tertiary/aromatic N) is 3. The van der Waals surface area contributed by atoms with E-state index in [0.717, 1.165) is 0 Å². The summed E-state index contributed by atoms with van der Waals surface area (Å²) in [6, 6.07) is 10.4. The van der Waals surface area contributed by atoms with Gasteiger partial charge >= 0.3 is 0 Å². The predicted octanol–water partition coefficient (Wildman–Crippen LogP) is 4.98. The summed E-state index contributed by atoms with van der Waals surface area (Å²) in [4.78, 5) is 22.3. The second-order valence-corrected chi connectivity index (χ2v) is 8.43. The van der Waals surface area contributed by atoms with Crippen molar-refractivity contribution in [2.75, 3.05) is 24.9 Å². The minimum Gasteiger partial charge on any atom is -0.495 e. The van der Waals surface area contributed by atoms with Crippen molar-refractivity contribution in [1.29, 1.82) is 0 Å². The molecule has 2 heterocycles. The molecule has 0 saturated carbocycles. The number of benzene rings is 2. The van der Waals surface area contributed by atoms with Crippen molar-refractivity contribution in [2.24, 2.45) is 7.05 Å². The van der Waals surface area contributed by atoms with Gasteiger partial charge in [-0.25, -0.2) is 4.98 Å². The minimum absolute atomic E-state index is 0.185. The van der Waals surface area contributed by atoms with Crippen LogP contribution < -0.4 is 25.7 Å². The van der Waals surface area contributed by atoms with E-state index in [-0.39, 0.29) is 27.1 Å². The van der Waals surface area contributed by atoms with Crippen molar-refractivity contribution in [3.8, 4) is 22.6 Å². The van der Waals surface area contributed by atoms with E-state index >= 15 is 0 Å². The first-order valence-corrected chi connectivity index (χ1v) is 11.4. The summed E-state index contributed by atoms with van der Waals surface area (Å²) in [5, 5.41) is 16.9. The number of hydrogen-bond acceptors (Lipinski definition) is 8. The number of aryl methyl sites for hydroxylation is 1. The van der Waals surface area contributed by atoms with E-state index in [0.29, 0.717) is 39.5 Å². The zero-order valence-electron chi connectivity index (χ0n) is 19.7. The summed E-state index contributed by atoms with van der Waals surface area (Å²) < 4.78 is 12.1. The lowest BCUT2D eigenvalue weighted by molar-refractivity contribution is 0.253.